The van der Waals surface area contributed by atoms with Crippen molar-refractivity contribution in [3.8, 4) is 6.07 Å². The largest absolute Gasteiger partial charge is 0.347 e. The zero-order chi connectivity index (χ0) is 17.1. The van der Waals surface area contributed by atoms with Crippen LogP contribution in [-0.4, -0.2) is 9.49 Å². The van der Waals surface area contributed by atoms with E-state index in [2.05, 4.69) is 17.6 Å². The zero-order valence-electron chi connectivity index (χ0n) is 13.1. The summed E-state index contributed by atoms with van der Waals surface area (Å²) in [5, 5.41) is 21.5. The lowest BCUT2D eigenvalue weighted by Crippen LogP contribution is -1.90. The molecule has 0 aliphatic carbocycles. The van der Waals surface area contributed by atoms with Crippen LogP contribution in [0.4, 0.5) is 5.69 Å². The number of nitriles is 1. The van der Waals surface area contributed by atoms with E-state index >= 15 is 0 Å². The van der Waals surface area contributed by atoms with Crippen molar-refractivity contribution in [1.29, 1.82) is 5.26 Å². The van der Waals surface area contributed by atoms with Gasteiger partial charge in [0.15, 0.2) is 0 Å². The lowest BCUT2D eigenvalue weighted by Gasteiger charge is -1.99. The van der Waals surface area contributed by atoms with E-state index in [1.165, 1.54) is 12.1 Å². The maximum absolute atomic E-state index is 10.9. The van der Waals surface area contributed by atoms with Gasteiger partial charge in [0.25, 0.3) is 5.69 Å². The van der Waals surface area contributed by atoms with Gasteiger partial charge in [0.2, 0.25) is 0 Å². The summed E-state index contributed by atoms with van der Waals surface area (Å²) in [7, 11) is 0. The number of benzene rings is 2. The molecule has 5 nitrogen and oxygen atoms in total. The average Bonchev–Trinajstić information content (AvgIpc) is 2.97. The molecule has 1 heterocycles. The van der Waals surface area contributed by atoms with Gasteiger partial charge in [0.1, 0.15) is 0 Å². The molecule has 0 bridgehead atoms. The molecule has 1 aromatic heterocycles. The fourth-order valence-corrected chi connectivity index (χ4v) is 2.77. The Bertz CT molecular complexity index is 993. The molecule has 0 saturated heterocycles. The molecule has 0 aliphatic rings. The van der Waals surface area contributed by atoms with Crippen molar-refractivity contribution >= 4 is 28.2 Å². The van der Waals surface area contributed by atoms with Crippen molar-refractivity contribution in [3.63, 3.8) is 0 Å². The normalized spacial score (nSPS) is 11.4. The number of nitro groups is 1. The molecule has 0 fully saturated rings. The molecule has 0 N–H and O–H groups in total. The Morgan fingerprint density at radius 1 is 1.29 bits per heavy atom. The third kappa shape index (κ3) is 2.77. The van der Waals surface area contributed by atoms with Crippen LogP contribution in [0.5, 0.6) is 0 Å². The summed E-state index contributed by atoms with van der Waals surface area (Å²) in [5.41, 5.74) is 2.94. The number of rotatable bonds is 4. The highest BCUT2D eigenvalue weighted by atomic mass is 16.6. The number of allylic oxidation sites excluding steroid dienone is 1. The summed E-state index contributed by atoms with van der Waals surface area (Å²) in [4.78, 5) is 10.5. The molecule has 118 valence electrons. The van der Waals surface area contributed by atoms with Gasteiger partial charge in [-0.3, -0.25) is 10.1 Å². The van der Waals surface area contributed by atoms with Crippen molar-refractivity contribution in [2.24, 2.45) is 0 Å². The van der Waals surface area contributed by atoms with Crippen LogP contribution in [0, 0.1) is 21.4 Å². The van der Waals surface area contributed by atoms with Crippen LogP contribution in [0.25, 0.3) is 22.6 Å². The molecule has 3 aromatic rings. The predicted molar refractivity (Wildman–Crippen MR) is 94.2 cm³/mol. The van der Waals surface area contributed by atoms with Crippen molar-refractivity contribution < 1.29 is 4.92 Å². The minimum atomic E-state index is -0.457. The third-order valence-corrected chi connectivity index (χ3v) is 3.95. The van der Waals surface area contributed by atoms with Gasteiger partial charge in [-0.15, -0.1) is 0 Å². The highest BCUT2D eigenvalue weighted by molar-refractivity contribution is 5.98. The zero-order valence-corrected chi connectivity index (χ0v) is 13.1. The molecular weight excluding hydrogens is 302 g/mol. The molecule has 0 aliphatic heterocycles. The van der Waals surface area contributed by atoms with Crippen molar-refractivity contribution in [3.05, 3.63) is 76.0 Å². The first-order valence-electron chi connectivity index (χ1n) is 7.58. The first-order chi connectivity index (χ1) is 11.6. The van der Waals surface area contributed by atoms with Gasteiger partial charge in [0, 0.05) is 41.3 Å². The van der Waals surface area contributed by atoms with Gasteiger partial charge in [-0.2, -0.15) is 5.26 Å². The quantitative estimate of drug-likeness (QED) is 0.400. The number of hydrogen-bond acceptors (Lipinski definition) is 3. The van der Waals surface area contributed by atoms with Crippen LogP contribution in [0.15, 0.2) is 54.7 Å². The van der Waals surface area contributed by atoms with E-state index in [0.29, 0.717) is 11.1 Å². The maximum atomic E-state index is 10.9. The molecule has 0 saturated carbocycles. The highest BCUT2D eigenvalue weighted by Gasteiger charge is 2.11. The second-order valence-electron chi connectivity index (χ2n) is 5.36. The third-order valence-electron chi connectivity index (χ3n) is 3.95. The van der Waals surface area contributed by atoms with Crippen LogP contribution < -0.4 is 0 Å². The second kappa shape index (κ2) is 6.39. The van der Waals surface area contributed by atoms with Gasteiger partial charge in [-0.25, -0.2) is 0 Å². The Labute approximate surface area is 139 Å². The van der Waals surface area contributed by atoms with Gasteiger partial charge in [-0.1, -0.05) is 30.3 Å². The topological polar surface area (TPSA) is 71.9 Å². The van der Waals surface area contributed by atoms with E-state index in [4.69, 9.17) is 0 Å². The minimum Gasteiger partial charge on any atom is -0.347 e. The van der Waals surface area contributed by atoms with Crippen molar-refractivity contribution in [2.75, 3.05) is 0 Å². The Morgan fingerprint density at radius 2 is 2.08 bits per heavy atom. The molecule has 0 unspecified atom stereocenters. The van der Waals surface area contributed by atoms with Gasteiger partial charge in [-0.05, 0) is 24.6 Å². The lowest BCUT2D eigenvalue weighted by molar-refractivity contribution is -0.384. The fourth-order valence-electron chi connectivity index (χ4n) is 2.77. The van der Waals surface area contributed by atoms with E-state index in [0.717, 1.165) is 23.0 Å². The summed E-state index contributed by atoms with van der Waals surface area (Å²) in [6, 6.07) is 16.3. The number of nitro benzene ring substituents is 1. The van der Waals surface area contributed by atoms with Crippen LogP contribution in [0.3, 0.4) is 0 Å². The van der Waals surface area contributed by atoms with E-state index in [1.54, 1.807) is 18.2 Å². The number of hydrogen-bond donors (Lipinski definition) is 0. The lowest BCUT2D eigenvalue weighted by atomic mass is 10.0. The highest BCUT2D eigenvalue weighted by Crippen LogP contribution is 2.27. The molecule has 2 aromatic carbocycles. The second-order valence-corrected chi connectivity index (χ2v) is 5.36. The number of para-hydroxylation sites is 1. The summed E-state index contributed by atoms with van der Waals surface area (Å²) < 4.78 is 2.11. The van der Waals surface area contributed by atoms with E-state index < -0.39 is 4.92 Å². The molecule has 3 rings (SSSR count). The van der Waals surface area contributed by atoms with E-state index in [9.17, 15) is 15.4 Å². The Kier molecular flexibility index (Phi) is 4.13. The fraction of sp³-hybridized carbons (Fsp3) is 0.105. The standard InChI is InChI=1S/C19H15N3O2/c1-2-21-13-16(18-8-3-4-9-19(18)21)10-15(12-20)14-6-5-7-17(11-14)22(23)24/h3-11,13H,2H2,1H3/b15-10-. The predicted octanol–water partition coefficient (Wildman–Crippen LogP) is 4.63. The van der Waals surface area contributed by atoms with Gasteiger partial charge < -0.3 is 4.57 Å². The molecule has 0 atom stereocenters. The Morgan fingerprint density at radius 3 is 2.79 bits per heavy atom. The summed E-state index contributed by atoms with van der Waals surface area (Å²) in [6.45, 7) is 2.89. The maximum Gasteiger partial charge on any atom is 0.270 e. The van der Waals surface area contributed by atoms with Crippen LogP contribution in [-0.2, 0) is 6.54 Å². The molecular formula is C19H15N3O2. The molecule has 0 spiro atoms. The van der Waals surface area contributed by atoms with Gasteiger partial charge in [0.05, 0.1) is 16.6 Å². The summed E-state index contributed by atoms with van der Waals surface area (Å²) in [6.07, 6.45) is 3.78. The SMILES string of the molecule is CCn1cc(/C=C(/C#N)c2cccc([N+](=O)[O-])c2)c2ccccc21. The first-order valence-corrected chi connectivity index (χ1v) is 7.58. The van der Waals surface area contributed by atoms with Crippen molar-refractivity contribution in [2.45, 2.75) is 13.5 Å². The number of aromatic nitrogens is 1. The first kappa shape index (κ1) is 15.5. The van der Waals surface area contributed by atoms with Crippen molar-refractivity contribution in [1.82, 2.24) is 4.57 Å². The number of nitrogens with zero attached hydrogens (tertiary/aromatic N) is 3. The van der Waals surface area contributed by atoms with E-state index in [-0.39, 0.29) is 5.69 Å². The smallest absolute Gasteiger partial charge is 0.270 e. The van der Waals surface area contributed by atoms with Gasteiger partial charge >= 0.3 is 0 Å². The minimum absolute atomic E-state index is 0.0235. The summed E-state index contributed by atoms with van der Waals surface area (Å²) >= 11 is 0. The van der Waals surface area contributed by atoms with Crippen LogP contribution >= 0.6 is 0 Å². The molecule has 5 heteroatoms. The number of non-ortho nitro benzene ring substituents is 1. The number of aryl methyl sites for hydroxylation is 1. The molecule has 0 radical (unpaired) electrons. The van der Waals surface area contributed by atoms with E-state index in [1.807, 2.05) is 30.5 Å². The molecule has 0 amide bonds. The Hall–Kier alpha value is -3.39. The Balaban J connectivity index is 2.14. The average molecular weight is 317 g/mol. The monoisotopic (exact) mass is 317 g/mol. The summed E-state index contributed by atoms with van der Waals surface area (Å²) in [5.74, 6) is 0. The molecule has 24 heavy (non-hydrogen) atoms. The van der Waals surface area contributed by atoms with Crippen LogP contribution in [0.2, 0.25) is 0 Å². The van der Waals surface area contributed by atoms with Crippen LogP contribution in [0.1, 0.15) is 18.1 Å². The number of fused-ring (bicyclic) bond motifs is 1.